The highest BCUT2D eigenvalue weighted by Crippen LogP contribution is 2.13. The van der Waals surface area contributed by atoms with Crippen molar-refractivity contribution in [3.63, 3.8) is 0 Å². The van der Waals surface area contributed by atoms with E-state index in [0.29, 0.717) is 25.4 Å². The van der Waals surface area contributed by atoms with Crippen LogP contribution >= 0.6 is 0 Å². The average molecular weight is 377 g/mol. The summed E-state index contributed by atoms with van der Waals surface area (Å²) in [4.78, 5) is 8.61. The SMILES string of the molecule is C[C@H](O)c1nccn1Cc1ccc(C#Cc2ccc(OCCCO)cc2)cn1. The number of hydrogen-bond donors (Lipinski definition) is 2. The number of aromatic nitrogens is 3. The van der Waals surface area contributed by atoms with Crippen LogP contribution in [-0.2, 0) is 6.54 Å². The predicted molar refractivity (Wildman–Crippen MR) is 106 cm³/mol. The van der Waals surface area contributed by atoms with Crippen molar-refractivity contribution in [3.05, 3.63) is 77.6 Å². The van der Waals surface area contributed by atoms with E-state index in [0.717, 1.165) is 22.6 Å². The van der Waals surface area contributed by atoms with Gasteiger partial charge in [-0.2, -0.15) is 0 Å². The van der Waals surface area contributed by atoms with E-state index in [1.165, 1.54) is 0 Å². The van der Waals surface area contributed by atoms with E-state index in [2.05, 4.69) is 21.8 Å². The molecule has 6 heteroatoms. The van der Waals surface area contributed by atoms with Crippen molar-refractivity contribution in [1.29, 1.82) is 0 Å². The molecular formula is C22H23N3O3. The highest BCUT2D eigenvalue weighted by molar-refractivity contribution is 5.43. The fraction of sp³-hybridized carbons (Fsp3) is 0.273. The van der Waals surface area contributed by atoms with Gasteiger partial charge in [-0.25, -0.2) is 4.98 Å². The van der Waals surface area contributed by atoms with Gasteiger partial charge in [-0.3, -0.25) is 4.98 Å². The summed E-state index contributed by atoms with van der Waals surface area (Å²) in [5.41, 5.74) is 2.59. The lowest BCUT2D eigenvalue weighted by Gasteiger charge is -2.09. The van der Waals surface area contributed by atoms with Crippen molar-refractivity contribution in [1.82, 2.24) is 14.5 Å². The number of rotatable bonds is 7. The van der Waals surface area contributed by atoms with Crippen LogP contribution in [0.1, 0.15) is 42.1 Å². The summed E-state index contributed by atoms with van der Waals surface area (Å²) in [7, 11) is 0. The zero-order valence-corrected chi connectivity index (χ0v) is 15.7. The number of benzene rings is 1. The van der Waals surface area contributed by atoms with Crippen LogP contribution in [0.3, 0.4) is 0 Å². The molecule has 144 valence electrons. The Kier molecular flexibility index (Phi) is 6.79. The van der Waals surface area contributed by atoms with E-state index < -0.39 is 6.10 Å². The van der Waals surface area contributed by atoms with Crippen LogP contribution in [-0.4, -0.2) is 38.0 Å². The Hall–Kier alpha value is -3.14. The molecule has 28 heavy (non-hydrogen) atoms. The zero-order chi connectivity index (χ0) is 19.8. The summed E-state index contributed by atoms with van der Waals surface area (Å²) in [5.74, 6) is 7.60. The maximum atomic E-state index is 9.72. The van der Waals surface area contributed by atoms with Crippen molar-refractivity contribution in [2.75, 3.05) is 13.2 Å². The standard InChI is InChI=1S/C22H23N3O3/c1-17(27)22-23-11-12-25(22)16-20-8-5-19(15-24-20)4-3-18-6-9-21(10-7-18)28-14-2-13-26/h5-12,15,17,26-27H,2,13-14,16H2,1H3/t17-/m0/s1. The Morgan fingerprint density at radius 1 is 1.07 bits per heavy atom. The van der Waals surface area contributed by atoms with Crippen LogP contribution in [0, 0.1) is 11.8 Å². The monoisotopic (exact) mass is 377 g/mol. The molecule has 0 aliphatic heterocycles. The maximum Gasteiger partial charge on any atom is 0.137 e. The Labute approximate surface area is 164 Å². The van der Waals surface area contributed by atoms with Gasteiger partial charge < -0.3 is 19.5 Å². The minimum absolute atomic E-state index is 0.125. The summed E-state index contributed by atoms with van der Waals surface area (Å²) in [6.07, 6.45) is 5.24. The van der Waals surface area contributed by atoms with Gasteiger partial charge >= 0.3 is 0 Å². The van der Waals surface area contributed by atoms with Gasteiger partial charge in [0.1, 0.15) is 17.7 Å². The minimum atomic E-state index is -0.619. The molecule has 3 rings (SSSR count). The minimum Gasteiger partial charge on any atom is -0.494 e. The summed E-state index contributed by atoms with van der Waals surface area (Å²) in [6.45, 7) is 2.86. The van der Waals surface area contributed by atoms with Crippen LogP contribution in [0.25, 0.3) is 0 Å². The van der Waals surface area contributed by atoms with Crippen molar-refractivity contribution in [3.8, 4) is 17.6 Å². The number of aliphatic hydroxyl groups is 2. The second-order valence-corrected chi connectivity index (χ2v) is 6.33. The molecule has 0 bridgehead atoms. The fourth-order valence-electron chi connectivity index (χ4n) is 2.62. The lowest BCUT2D eigenvalue weighted by molar-refractivity contribution is 0.184. The van der Waals surface area contributed by atoms with E-state index in [9.17, 15) is 5.11 Å². The fourth-order valence-corrected chi connectivity index (χ4v) is 2.62. The second-order valence-electron chi connectivity index (χ2n) is 6.33. The van der Waals surface area contributed by atoms with Gasteiger partial charge in [0, 0.05) is 42.7 Å². The molecule has 0 aliphatic rings. The summed E-state index contributed by atoms with van der Waals surface area (Å²) in [5, 5.41) is 18.5. The number of aliphatic hydroxyl groups excluding tert-OH is 2. The first-order valence-corrected chi connectivity index (χ1v) is 9.15. The molecule has 1 aromatic carbocycles. The van der Waals surface area contributed by atoms with Gasteiger partial charge in [0.15, 0.2) is 0 Å². The molecule has 3 aromatic rings. The maximum absolute atomic E-state index is 9.72. The summed E-state index contributed by atoms with van der Waals surface area (Å²) >= 11 is 0. The lowest BCUT2D eigenvalue weighted by Crippen LogP contribution is -2.08. The largest absolute Gasteiger partial charge is 0.494 e. The number of ether oxygens (including phenoxy) is 1. The predicted octanol–water partition coefficient (Wildman–Crippen LogP) is 2.54. The number of nitrogens with zero attached hydrogens (tertiary/aromatic N) is 3. The number of hydrogen-bond acceptors (Lipinski definition) is 5. The molecule has 6 nitrogen and oxygen atoms in total. The van der Waals surface area contributed by atoms with Crippen molar-refractivity contribution >= 4 is 0 Å². The van der Waals surface area contributed by atoms with E-state index >= 15 is 0 Å². The van der Waals surface area contributed by atoms with Crippen LogP contribution in [0.15, 0.2) is 55.0 Å². The first-order chi connectivity index (χ1) is 13.7. The van der Waals surface area contributed by atoms with Gasteiger partial charge in [-0.15, -0.1) is 0 Å². The smallest absolute Gasteiger partial charge is 0.137 e. The third-order valence-corrected chi connectivity index (χ3v) is 4.06. The molecule has 2 N–H and O–H groups in total. The zero-order valence-electron chi connectivity index (χ0n) is 15.7. The Morgan fingerprint density at radius 2 is 1.82 bits per heavy atom. The van der Waals surface area contributed by atoms with E-state index in [-0.39, 0.29) is 6.61 Å². The topological polar surface area (TPSA) is 80.4 Å². The molecule has 0 amide bonds. The van der Waals surface area contributed by atoms with E-state index in [4.69, 9.17) is 9.84 Å². The molecule has 0 aliphatic carbocycles. The first kappa shape index (κ1) is 19.6. The van der Waals surface area contributed by atoms with Crippen LogP contribution in [0.5, 0.6) is 5.75 Å². The average Bonchev–Trinajstić information content (AvgIpc) is 3.17. The Balaban J connectivity index is 1.61. The Bertz CT molecular complexity index is 936. The van der Waals surface area contributed by atoms with Gasteiger partial charge in [0.2, 0.25) is 0 Å². The number of pyridine rings is 1. The van der Waals surface area contributed by atoms with E-state index in [1.807, 2.05) is 47.2 Å². The van der Waals surface area contributed by atoms with Crippen LogP contribution in [0.4, 0.5) is 0 Å². The molecular weight excluding hydrogens is 354 g/mol. The normalized spacial score (nSPS) is 11.5. The van der Waals surface area contributed by atoms with Gasteiger partial charge in [-0.1, -0.05) is 11.8 Å². The third kappa shape index (κ3) is 5.43. The molecule has 0 fully saturated rings. The molecule has 0 spiro atoms. The lowest BCUT2D eigenvalue weighted by atomic mass is 10.2. The van der Waals surface area contributed by atoms with Gasteiger partial charge in [0.25, 0.3) is 0 Å². The van der Waals surface area contributed by atoms with Crippen molar-refractivity contribution < 1.29 is 14.9 Å². The first-order valence-electron chi connectivity index (χ1n) is 9.15. The molecule has 0 saturated carbocycles. The van der Waals surface area contributed by atoms with Crippen molar-refractivity contribution in [2.45, 2.75) is 26.0 Å². The molecule has 0 saturated heterocycles. The third-order valence-electron chi connectivity index (χ3n) is 4.06. The second kappa shape index (κ2) is 9.70. The van der Waals surface area contributed by atoms with Gasteiger partial charge in [0.05, 0.1) is 18.8 Å². The van der Waals surface area contributed by atoms with Crippen LogP contribution < -0.4 is 4.74 Å². The van der Waals surface area contributed by atoms with Crippen molar-refractivity contribution in [2.24, 2.45) is 0 Å². The summed E-state index contributed by atoms with van der Waals surface area (Å²) < 4.78 is 7.38. The highest BCUT2D eigenvalue weighted by Gasteiger charge is 2.09. The number of imidazole rings is 1. The molecule has 1 atom stereocenters. The highest BCUT2D eigenvalue weighted by atomic mass is 16.5. The Morgan fingerprint density at radius 3 is 2.50 bits per heavy atom. The molecule has 0 unspecified atom stereocenters. The van der Waals surface area contributed by atoms with Crippen LogP contribution in [0.2, 0.25) is 0 Å². The molecule has 2 heterocycles. The van der Waals surface area contributed by atoms with Gasteiger partial charge in [-0.05, 0) is 43.3 Å². The summed E-state index contributed by atoms with van der Waals surface area (Å²) in [6, 6.07) is 11.4. The quantitative estimate of drug-likeness (QED) is 0.489. The molecule has 0 radical (unpaired) electrons. The molecule has 2 aromatic heterocycles. The van der Waals surface area contributed by atoms with E-state index in [1.54, 1.807) is 19.3 Å².